The molecule has 0 atom stereocenters. The fraction of sp³-hybridized carbons (Fsp3) is 0.276. The molecule has 0 spiro atoms. The molecule has 0 bridgehead atoms. The van der Waals surface area contributed by atoms with Gasteiger partial charge in [0.05, 0.1) is 23.3 Å². The zero-order valence-corrected chi connectivity index (χ0v) is 21.2. The van der Waals surface area contributed by atoms with Gasteiger partial charge in [-0.15, -0.1) is 0 Å². The lowest BCUT2D eigenvalue weighted by Gasteiger charge is -2.14. The van der Waals surface area contributed by atoms with Crippen LogP contribution in [0.2, 0.25) is 5.02 Å². The van der Waals surface area contributed by atoms with Crippen LogP contribution in [0.3, 0.4) is 0 Å². The maximum absolute atomic E-state index is 13.3. The summed E-state index contributed by atoms with van der Waals surface area (Å²) in [7, 11) is 1.44. The maximum Gasteiger partial charge on any atom is 0.417 e. The van der Waals surface area contributed by atoms with E-state index in [4.69, 9.17) is 16.3 Å². The molecule has 37 heavy (non-hydrogen) atoms. The van der Waals surface area contributed by atoms with E-state index >= 15 is 0 Å². The van der Waals surface area contributed by atoms with Crippen LogP contribution in [0, 0.1) is 0 Å². The Morgan fingerprint density at radius 1 is 0.784 bits per heavy atom. The lowest BCUT2D eigenvalue weighted by molar-refractivity contribution is -0.137. The minimum absolute atomic E-state index is 0.00346. The molecule has 0 radical (unpaired) electrons. The molecule has 0 amide bonds. The van der Waals surface area contributed by atoms with Crippen molar-refractivity contribution in [1.82, 2.24) is 0 Å². The van der Waals surface area contributed by atoms with Crippen molar-refractivity contribution in [2.75, 3.05) is 7.11 Å². The third-order valence-corrected chi connectivity index (χ3v) is 6.36. The molecule has 3 aromatic rings. The fourth-order valence-electron chi connectivity index (χ4n) is 4.02. The smallest absolute Gasteiger partial charge is 0.417 e. The maximum atomic E-state index is 13.3. The van der Waals surface area contributed by atoms with Crippen LogP contribution in [0.1, 0.15) is 74.0 Å². The predicted molar refractivity (Wildman–Crippen MR) is 136 cm³/mol. The molecule has 0 aromatic heterocycles. The summed E-state index contributed by atoms with van der Waals surface area (Å²) in [6.07, 6.45) is -3.97. The van der Waals surface area contributed by atoms with E-state index in [0.29, 0.717) is 33.9 Å². The SMILES string of the molecule is CCC(=O)c1cc(CCC(=O)c2cc(CCC(=O)c3ccccc3Cl)ccc2OC)ccc1C(F)(F)F. The number of ketones is 3. The van der Waals surface area contributed by atoms with E-state index in [-0.39, 0.29) is 42.8 Å². The summed E-state index contributed by atoms with van der Waals surface area (Å²) in [6, 6.07) is 15.3. The first-order valence-electron chi connectivity index (χ1n) is 11.8. The van der Waals surface area contributed by atoms with Crippen molar-refractivity contribution in [2.45, 2.75) is 45.2 Å². The second kappa shape index (κ2) is 12.2. The quantitative estimate of drug-likeness (QED) is 0.240. The van der Waals surface area contributed by atoms with Crippen LogP contribution in [0.15, 0.2) is 60.7 Å². The van der Waals surface area contributed by atoms with Crippen molar-refractivity contribution < 1.29 is 32.3 Å². The highest BCUT2D eigenvalue weighted by Gasteiger charge is 2.34. The zero-order chi connectivity index (χ0) is 27.2. The molecule has 0 heterocycles. The molecule has 0 unspecified atom stereocenters. The lowest BCUT2D eigenvalue weighted by Crippen LogP contribution is -2.13. The number of rotatable bonds is 11. The van der Waals surface area contributed by atoms with Crippen LogP contribution < -0.4 is 4.74 Å². The minimum Gasteiger partial charge on any atom is -0.496 e. The largest absolute Gasteiger partial charge is 0.496 e. The first-order valence-corrected chi connectivity index (χ1v) is 12.1. The molecule has 0 aliphatic rings. The molecule has 3 aromatic carbocycles. The standard InChI is InChI=1S/C29H26ClF3O4/c1-3-25(34)21-16-18(8-12-23(21)29(31,32)33)10-14-27(36)22-17-19(11-15-28(22)37-2)9-13-26(35)20-6-4-5-7-24(20)30/h4-8,11-12,15-17H,3,9-10,13-14H2,1-2H3. The van der Waals surface area contributed by atoms with Gasteiger partial charge in [-0.1, -0.05) is 42.8 Å². The summed E-state index contributed by atoms with van der Waals surface area (Å²) in [5.74, 6) is -0.630. The number of benzene rings is 3. The average molecular weight is 531 g/mol. The second-order valence-electron chi connectivity index (χ2n) is 8.52. The summed E-state index contributed by atoms with van der Waals surface area (Å²) in [5.41, 5.74) is 0.611. The number of ether oxygens (including phenoxy) is 1. The van der Waals surface area contributed by atoms with E-state index in [2.05, 4.69) is 0 Å². The van der Waals surface area contributed by atoms with E-state index in [9.17, 15) is 27.6 Å². The van der Waals surface area contributed by atoms with E-state index in [1.807, 2.05) is 0 Å². The van der Waals surface area contributed by atoms with Crippen molar-refractivity contribution in [1.29, 1.82) is 0 Å². The van der Waals surface area contributed by atoms with Crippen molar-refractivity contribution in [3.8, 4) is 5.75 Å². The summed E-state index contributed by atoms with van der Waals surface area (Å²) in [6.45, 7) is 1.50. The highest BCUT2D eigenvalue weighted by atomic mass is 35.5. The van der Waals surface area contributed by atoms with Crippen molar-refractivity contribution in [3.05, 3.63) is 99.1 Å². The molecular formula is C29H26ClF3O4. The Bertz CT molecular complexity index is 1310. The fourth-order valence-corrected chi connectivity index (χ4v) is 4.26. The molecule has 0 N–H and O–H groups in total. The minimum atomic E-state index is -4.64. The van der Waals surface area contributed by atoms with E-state index in [0.717, 1.165) is 11.6 Å². The van der Waals surface area contributed by atoms with Gasteiger partial charge in [-0.2, -0.15) is 13.2 Å². The number of carbonyl (C=O) groups excluding carboxylic acids is 3. The third-order valence-electron chi connectivity index (χ3n) is 6.03. The molecule has 3 rings (SSSR count). The van der Waals surface area contributed by atoms with E-state index in [1.54, 1.807) is 42.5 Å². The van der Waals surface area contributed by atoms with E-state index < -0.39 is 17.5 Å². The lowest BCUT2D eigenvalue weighted by atomic mass is 9.94. The first-order chi connectivity index (χ1) is 17.5. The van der Waals surface area contributed by atoms with Gasteiger partial charge in [0.15, 0.2) is 17.3 Å². The summed E-state index contributed by atoms with van der Waals surface area (Å²) < 4.78 is 45.3. The predicted octanol–water partition coefficient (Wildman–Crippen LogP) is 7.59. The number of methoxy groups -OCH3 is 1. The number of halogens is 4. The third kappa shape index (κ3) is 7.07. The van der Waals surface area contributed by atoms with E-state index in [1.165, 1.54) is 26.2 Å². The van der Waals surface area contributed by atoms with Gasteiger partial charge in [0.2, 0.25) is 0 Å². The Labute approximate surface area is 218 Å². The van der Waals surface area contributed by atoms with Crippen LogP contribution in [0.4, 0.5) is 13.2 Å². The number of Topliss-reactive ketones (excluding diaryl/α,β-unsaturated/α-hetero) is 3. The molecule has 8 heteroatoms. The van der Waals surface area contributed by atoms with Crippen LogP contribution in [0.25, 0.3) is 0 Å². The highest BCUT2D eigenvalue weighted by molar-refractivity contribution is 6.33. The Kier molecular flexibility index (Phi) is 9.27. The Morgan fingerprint density at radius 2 is 1.35 bits per heavy atom. The monoisotopic (exact) mass is 530 g/mol. The normalized spacial score (nSPS) is 11.3. The molecule has 4 nitrogen and oxygen atoms in total. The molecule has 0 saturated heterocycles. The van der Waals surface area contributed by atoms with Gasteiger partial charge in [-0.25, -0.2) is 0 Å². The number of hydrogen-bond acceptors (Lipinski definition) is 4. The summed E-state index contributed by atoms with van der Waals surface area (Å²) >= 11 is 6.10. The van der Waals surface area contributed by atoms with Gasteiger partial charge in [0, 0.05) is 30.4 Å². The zero-order valence-electron chi connectivity index (χ0n) is 20.5. The van der Waals surface area contributed by atoms with Gasteiger partial charge in [0.25, 0.3) is 0 Å². The van der Waals surface area contributed by atoms with Crippen LogP contribution in [-0.4, -0.2) is 24.5 Å². The molecule has 0 fully saturated rings. The number of carbonyl (C=O) groups is 3. The van der Waals surface area contributed by atoms with Crippen molar-refractivity contribution >= 4 is 29.0 Å². The summed E-state index contributed by atoms with van der Waals surface area (Å²) in [4.78, 5) is 37.7. The first kappa shape index (κ1) is 28.1. The molecule has 0 aliphatic heterocycles. The molecule has 0 saturated carbocycles. The van der Waals surface area contributed by atoms with Gasteiger partial charge in [-0.3, -0.25) is 14.4 Å². The van der Waals surface area contributed by atoms with Gasteiger partial charge < -0.3 is 4.74 Å². The average Bonchev–Trinajstić information content (AvgIpc) is 2.89. The molecule has 0 aliphatic carbocycles. The van der Waals surface area contributed by atoms with Gasteiger partial charge in [-0.05, 0) is 60.4 Å². The van der Waals surface area contributed by atoms with Crippen molar-refractivity contribution in [2.24, 2.45) is 0 Å². The van der Waals surface area contributed by atoms with Crippen LogP contribution in [-0.2, 0) is 19.0 Å². The number of aryl methyl sites for hydroxylation is 2. The number of alkyl halides is 3. The Balaban J connectivity index is 1.74. The topological polar surface area (TPSA) is 60.4 Å². The molecule has 194 valence electrons. The van der Waals surface area contributed by atoms with Crippen molar-refractivity contribution in [3.63, 3.8) is 0 Å². The van der Waals surface area contributed by atoms with Gasteiger partial charge >= 0.3 is 6.18 Å². The Morgan fingerprint density at radius 3 is 1.92 bits per heavy atom. The number of hydrogen-bond donors (Lipinski definition) is 0. The highest BCUT2D eigenvalue weighted by Crippen LogP contribution is 2.33. The van der Waals surface area contributed by atoms with Crippen LogP contribution in [0.5, 0.6) is 5.75 Å². The molecular weight excluding hydrogens is 505 g/mol. The summed E-state index contributed by atoms with van der Waals surface area (Å²) in [5, 5.41) is 0.380. The van der Waals surface area contributed by atoms with Crippen LogP contribution >= 0.6 is 11.6 Å². The second-order valence-corrected chi connectivity index (χ2v) is 8.92. The van der Waals surface area contributed by atoms with Gasteiger partial charge in [0.1, 0.15) is 5.75 Å². The Hall–Kier alpha value is -3.45.